The van der Waals surface area contributed by atoms with Crippen molar-refractivity contribution in [3.8, 4) is 0 Å². The first-order valence-corrected chi connectivity index (χ1v) is 8.12. The lowest BCUT2D eigenvalue weighted by molar-refractivity contribution is 0.177. The maximum Gasteiger partial charge on any atom is 0.244 e. The molecule has 0 unspecified atom stereocenters. The number of rotatable bonds is 7. The van der Waals surface area contributed by atoms with E-state index in [1.165, 1.54) is 30.0 Å². The van der Waals surface area contributed by atoms with E-state index in [4.69, 9.17) is 20.8 Å². The van der Waals surface area contributed by atoms with Crippen LogP contribution in [0, 0.1) is 0 Å². The van der Waals surface area contributed by atoms with Gasteiger partial charge in [-0.1, -0.05) is 23.7 Å². The van der Waals surface area contributed by atoms with Crippen LogP contribution >= 0.6 is 11.6 Å². The van der Waals surface area contributed by atoms with Crippen molar-refractivity contribution < 1.29 is 17.6 Å². The summed E-state index contributed by atoms with van der Waals surface area (Å²) in [6, 6.07) is 8.11. The van der Waals surface area contributed by atoms with Crippen LogP contribution in [0.5, 0.6) is 0 Å². The molecule has 0 atom stereocenters. The topological polar surface area (TPSA) is 59.8 Å². The molecule has 0 spiro atoms. The maximum absolute atomic E-state index is 12.7. The largest absolute Gasteiger partial charge is 0.472 e. The van der Waals surface area contributed by atoms with Crippen molar-refractivity contribution in [3.63, 3.8) is 0 Å². The minimum absolute atomic E-state index is 0.0891. The molecule has 1 aromatic heterocycles. The molecule has 0 radical (unpaired) electrons. The lowest BCUT2D eigenvalue weighted by Crippen LogP contribution is -2.33. The molecule has 0 aliphatic rings. The van der Waals surface area contributed by atoms with E-state index in [2.05, 4.69) is 0 Å². The van der Waals surface area contributed by atoms with E-state index >= 15 is 0 Å². The summed E-state index contributed by atoms with van der Waals surface area (Å²) in [6.45, 7) is 0.726. The second-order valence-electron chi connectivity index (χ2n) is 4.39. The van der Waals surface area contributed by atoms with Crippen LogP contribution in [-0.4, -0.2) is 33.0 Å². The minimum atomic E-state index is -3.70. The molecular weight excluding hydrogens is 314 g/mol. The summed E-state index contributed by atoms with van der Waals surface area (Å²) in [5.41, 5.74) is 0.765. The van der Waals surface area contributed by atoms with Gasteiger partial charge in [-0.15, -0.1) is 0 Å². The zero-order chi connectivity index (χ0) is 15.3. The Bertz CT molecular complexity index is 670. The Morgan fingerprint density at radius 1 is 1.29 bits per heavy atom. The van der Waals surface area contributed by atoms with E-state index in [1.54, 1.807) is 24.3 Å². The quantitative estimate of drug-likeness (QED) is 0.783. The zero-order valence-electron chi connectivity index (χ0n) is 11.5. The fourth-order valence-corrected chi connectivity index (χ4v) is 3.76. The van der Waals surface area contributed by atoms with E-state index in [0.717, 1.165) is 5.56 Å². The van der Waals surface area contributed by atoms with Gasteiger partial charge in [-0.05, 0) is 18.2 Å². The molecule has 114 valence electrons. The summed E-state index contributed by atoms with van der Waals surface area (Å²) in [5.74, 6) is 0. The Morgan fingerprint density at radius 2 is 2.05 bits per heavy atom. The number of halogens is 1. The number of furan rings is 1. The van der Waals surface area contributed by atoms with Gasteiger partial charge in [-0.25, -0.2) is 8.42 Å². The van der Waals surface area contributed by atoms with Gasteiger partial charge < -0.3 is 9.15 Å². The lowest BCUT2D eigenvalue weighted by atomic mass is 10.3. The van der Waals surface area contributed by atoms with Crippen LogP contribution in [0.2, 0.25) is 5.02 Å². The summed E-state index contributed by atoms with van der Waals surface area (Å²) in [4.78, 5) is 0.0891. The Hall–Kier alpha value is -1.34. The van der Waals surface area contributed by atoms with Crippen LogP contribution in [-0.2, 0) is 21.3 Å². The third-order valence-electron chi connectivity index (χ3n) is 2.94. The Balaban J connectivity index is 2.32. The SMILES string of the molecule is COCCN(Cc1ccoc1)S(=O)(=O)c1ccccc1Cl. The van der Waals surface area contributed by atoms with Crippen molar-refractivity contribution in [1.29, 1.82) is 0 Å². The number of hydrogen-bond acceptors (Lipinski definition) is 4. The molecule has 0 amide bonds. The van der Waals surface area contributed by atoms with Crippen LogP contribution < -0.4 is 0 Å². The molecule has 0 saturated heterocycles. The van der Waals surface area contributed by atoms with Gasteiger partial charge in [0.05, 0.1) is 24.2 Å². The average Bonchev–Trinajstić information content (AvgIpc) is 2.96. The second kappa shape index (κ2) is 7.09. The van der Waals surface area contributed by atoms with Gasteiger partial charge >= 0.3 is 0 Å². The Labute approximate surface area is 129 Å². The average molecular weight is 330 g/mol. The van der Waals surface area contributed by atoms with Crippen molar-refractivity contribution >= 4 is 21.6 Å². The van der Waals surface area contributed by atoms with Crippen molar-refractivity contribution in [3.05, 3.63) is 53.4 Å². The summed E-state index contributed by atoms with van der Waals surface area (Å²) >= 11 is 6.01. The van der Waals surface area contributed by atoms with Crippen LogP contribution in [0.15, 0.2) is 52.2 Å². The van der Waals surface area contributed by atoms with Gasteiger partial charge in [0.1, 0.15) is 4.90 Å². The number of ether oxygens (including phenoxy) is 1. The Morgan fingerprint density at radius 3 is 2.67 bits per heavy atom. The van der Waals surface area contributed by atoms with Crippen LogP contribution in [0.4, 0.5) is 0 Å². The molecule has 0 bridgehead atoms. The van der Waals surface area contributed by atoms with Crippen LogP contribution in [0.3, 0.4) is 0 Å². The summed E-state index contributed by atoms with van der Waals surface area (Å²) in [5, 5.41) is 0.201. The number of sulfonamides is 1. The number of hydrogen-bond donors (Lipinski definition) is 0. The highest BCUT2D eigenvalue weighted by atomic mass is 35.5. The number of methoxy groups -OCH3 is 1. The fourth-order valence-electron chi connectivity index (χ4n) is 1.86. The first-order valence-electron chi connectivity index (χ1n) is 6.30. The third kappa shape index (κ3) is 3.85. The molecule has 7 heteroatoms. The molecule has 1 heterocycles. The van der Waals surface area contributed by atoms with Crippen molar-refractivity contribution in [2.24, 2.45) is 0 Å². The highest BCUT2D eigenvalue weighted by Crippen LogP contribution is 2.25. The smallest absolute Gasteiger partial charge is 0.244 e. The predicted molar refractivity (Wildman–Crippen MR) is 79.6 cm³/mol. The van der Waals surface area contributed by atoms with Crippen LogP contribution in [0.25, 0.3) is 0 Å². The second-order valence-corrected chi connectivity index (χ2v) is 6.71. The molecule has 2 aromatic rings. The van der Waals surface area contributed by atoms with E-state index in [-0.39, 0.29) is 23.0 Å². The lowest BCUT2D eigenvalue weighted by Gasteiger charge is -2.21. The monoisotopic (exact) mass is 329 g/mol. The highest BCUT2D eigenvalue weighted by Gasteiger charge is 2.26. The zero-order valence-corrected chi connectivity index (χ0v) is 13.1. The van der Waals surface area contributed by atoms with Gasteiger partial charge in [-0.2, -0.15) is 4.31 Å². The third-order valence-corrected chi connectivity index (χ3v) is 5.28. The molecular formula is C14H16ClNO4S. The molecule has 5 nitrogen and oxygen atoms in total. The molecule has 0 saturated carbocycles. The van der Waals surface area contributed by atoms with Crippen molar-refractivity contribution in [2.45, 2.75) is 11.4 Å². The molecule has 0 N–H and O–H groups in total. The molecule has 1 aromatic carbocycles. The van der Waals surface area contributed by atoms with Crippen LogP contribution in [0.1, 0.15) is 5.56 Å². The molecule has 21 heavy (non-hydrogen) atoms. The van der Waals surface area contributed by atoms with Gasteiger partial charge in [-0.3, -0.25) is 0 Å². The maximum atomic E-state index is 12.7. The first-order chi connectivity index (χ1) is 10.1. The molecule has 0 aliphatic heterocycles. The Kier molecular flexibility index (Phi) is 5.41. The van der Waals surface area contributed by atoms with Gasteiger partial charge in [0, 0.05) is 25.8 Å². The van der Waals surface area contributed by atoms with Gasteiger partial charge in [0.25, 0.3) is 0 Å². The van der Waals surface area contributed by atoms with Gasteiger partial charge in [0.2, 0.25) is 10.0 Å². The molecule has 2 rings (SSSR count). The molecule has 0 aliphatic carbocycles. The number of nitrogens with zero attached hydrogens (tertiary/aromatic N) is 1. The van der Waals surface area contributed by atoms with E-state index in [1.807, 2.05) is 0 Å². The van der Waals surface area contributed by atoms with E-state index in [9.17, 15) is 8.42 Å². The summed E-state index contributed by atoms with van der Waals surface area (Å²) in [6.07, 6.45) is 3.02. The highest BCUT2D eigenvalue weighted by molar-refractivity contribution is 7.89. The summed E-state index contributed by atoms with van der Waals surface area (Å²) in [7, 11) is -2.17. The van der Waals surface area contributed by atoms with Gasteiger partial charge in [0.15, 0.2) is 0 Å². The number of benzene rings is 1. The first kappa shape index (κ1) is 16.0. The van der Waals surface area contributed by atoms with E-state index < -0.39 is 10.0 Å². The minimum Gasteiger partial charge on any atom is -0.472 e. The standard InChI is InChI=1S/C14H16ClNO4S/c1-19-9-7-16(10-12-6-8-20-11-12)21(17,18)14-5-3-2-4-13(14)15/h2-6,8,11H,7,9-10H2,1H3. The van der Waals surface area contributed by atoms with Crippen molar-refractivity contribution in [1.82, 2.24) is 4.31 Å². The normalized spacial score (nSPS) is 12.0. The fraction of sp³-hybridized carbons (Fsp3) is 0.286. The van der Waals surface area contributed by atoms with E-state index in [0.29, 0.717) is 6.61 Å². The molecule has 0 fully saturated rings. The van der Waals surface area contributed by atoms with Crippen molar-refractivity contribution in [2.75, 3.05) is 20.3 Å². The summed E-state index contributed by atoms with van der Waals surface area (Å²) < 4.78 is 36.8. The predicted octanol–water partition coefficient (Wildman–Crippen LogP) is 2.77.